The van der Waals surface area contributed by atoms with Crippen LogP contribution in [0.15, 0.2) is 34.0 Å². The molecule has 1 aromatic rings. The van der Waals surface area contributed by atoms with E-state index < -0.39 is 4.92 Å². The maximum atomic E-state index is 10.4. The molecule has 0 heterocycles. The van der Waals surface area contributed by atoms with Crippen LogP contribution in [0.2, 0.25) is 0 Å². The molecular formula is C6H4ClN3O2. The van der Waals surface area contributed by atoms with Gasteiger partial charge in [-0.1, -0.05) is 16.8 Å². The van der Waals surface area contributed by atoms with Crippen LogP contribution in [-0.2, 0) is 0 Å². The molecule has 0 spiro atoms. The van der Waals surface area contributed by atoms with Gasteiger partial charge in [0.05, 0.1) is 16.7 Å². The molecule has 62 valence electrons. The van der Waals surface area contributed by atoms with Crippen LogP contribution in [0.5, 0.6) is 0 Å². The molecule has 0 atom stereocenters. The zero-order chi connectivity index (χ0) is 8.97. The zero-order valence-corrected chi connectivity index (χ0v) is 6.60. The maximum absolute atomic E-state index is 10.4. The van der Waals surface area contributed by atoms with Gasteiger partial charge >= 0.3 is 0 Å². The van der Waals surface area contributed by atoms with E-state index in [0.29, 0.717) is 0 Å². The quantitative estimate of drug-likeness (QED) is 0.404. The van der Waals surface area contributed by atoms with Gasteiger partial charge in [-0.05, 0) is 6.07 Å². The summed E-state index contributed by atoms with van der Waals surface area (Å²) in [6, 6.07) is 5.96. The lowest BCUT2D eigenvalue weighted by atomic mass is 10.3. The second-order valence-corrected chi connectivity index (χ2v) is 2.07. The first-order valence-corrected chi connectivity index (χ1v) is 3.35. The van der Waals surface area contributed by atoms with Crippen LogP contribution < -0.4 is 0 Å². The summed E-state index contributed by atoms with van der Waals surface area (Å²) in [4.78, 5) is 9.82. The number of hydrogen-bond donors (Lipinski definition) is 0. The number of nitro groups is 1. The van der Waals surface area contributed by atoms with Crippen LogP contribution in [0, 0.1) is 10.1 Å². The number of benzene rings is 1. The van der Waals surface area contributed by atoms with Gasteiger partial charge in [-0.2, -0.15) is 0 Å². The van der Waals surface area contributed by atoms with E-state index in [1.54, 1.807) is 12.1 Å². The third-order valence-corrected chi connectivity index (χ3v) is 1.30. The molecule has 0 N–H and O–H groups in total. The van der Waals surface area contributed by atoms with Crippen molar-refractivity contribution in [2.75, 3.05) is 0 Å². The van der Waals surface area contributed by atoms with Crippen molar-refractivity contribution in [2.24, 2.45) is 9.75 Å². The SMILES string of the molecule is O=[N+]([O-])c1ccccc1N=NCl. The number of nitrogens with zero attached hydrogens (tertiary/aromatic N) is 3. The van der Waals surface area contributed by atoms with Crippen LogP contribution in [0.3, 0.4) is 0 Å². The smallest absolute Gasteiger partial charge is 0.258 e. The summed E-state index contributed by atoms with van der Waals surface area (Å²) >= 11 is 4.95. The lowest BCUT2D eigenvalue weighted by Gasteiger charge is -1.92. The summed E-state index contributed by atoms with van der Waals surface area (Å²) in [5.74, 6) is 0. The van der Waals surface area contributed by atoms with Crippen LogP contribution in [-0.4, -0.2) is 4.92 Å². The zero-order valence-electron chi connectivity index (χ0n) is 5.85. The van der Waals surface area contributed by atoms with E-state index in [1.807, 2.05) is 0 Å². The molecular weight excluding hydrogens is 182 g/mol. The maximum Gasteiger partial charge on any atom is 0.296 e. The lowest BCUT2D eigenvalue weighted by Crippen LogP contribution is -1.86. The minimum atomic E-state index is -0.541. The van der Waals surface area contributed by atoms with Crippen LogP contribution >= 0.6 is 11.8 Å². The van der Waals surface area contributed by atoms with Crippen LogP contribution in [0.25, 0.3) is 0 Å². The van der Waals surface area contributed by atoms with Crippen molar-refractivity contribution in [2.45, 2.75) is 0 Å². The summed E-state index contributed by atoms with van der Waals surface area (Å²) < 4.78 is 2.94. The van der Waals surface area contributed by atoms with Gasteiger partial charge in [-0.15, -0.1) is 5.11 Å². The molecule has 0 aliphatic heterocycles. The molecule has 1 aromatic carbocycles. The Bertz CT molecular complexity index is 326. The van der Waals surface area contributed by atoms with Gasteiger partial charge in [0, 0.05) is 6.07 Å². The van der Waals surface area contributed by atoms with Gasteiger partial charge in [0.2, 0.25) is 0 Å². The van der Waals surface area contributed by atoms with Gasteiger partial charge in [-0.25, -0.2) is 0 Å². The first-order chi connectivity index (χ1) is 5.75. The molecule has 0 radical (unpaired) electrons. The Kier molecular flexibility index (Phi) is 2.71. The van der Waals surface area contributed by atoms with Crippen LogP contribution in [0.1, 0.15) is 0 Å². The molecule has 0 aliphatic rings. The molecule has 0 unspecified atom stereocenters. The van der Waals surface area contributed by atoms with Crippen molar-refractivity contribution < 1.29 is 4.92 Å². The highest BCUT2D eigenvalue weighted by Gasteiger charge is 2.10. The number of rotatable bonds is 2. The Morgan fingerprint density at radius 2 is 2.08 bits per heavy atom. The molecule has 0 fully saturated rings. The highest BCUT2D eigenvalue weighted by molar-refractivity contribution is 6.14. The van der Waals surface area contributed by atoms with Gasteiger partial charge in [0.25, 0.3) is 5.69 Å². The first-order valence-electron chi connectivity index (χ1n) is 3.01. The van der Waals surface area contributed by atoms with E-state index >= 15 is 0 Å². The highest BCUT2D eigenvalue weighted by Crippen LogP contribution is 2.26. The van der Waals surface area contributed by atoms with E-state index in [2.05, 4.69) is 9.75 Å². The Balaban J connectivity index is 3.17. The minimum Gasteiger partial charge on any atom is -0.258 e. The topological polar surface area (TPSA) is 67.9 Å². The van der Waals surface area contributed by atoms with E-state index in [-0.39, 0.29) is 11.4 Å². The second-order valence-electron chi connectivity index (χ2n) is 1.92. The van der Waals surface area contributed by atoms with E-state index in [1.165, 1.54) is 12.1 Å². The molecule has 12 heavy (non-hydrogen) atoms. The number of halogens is 1. The molecule has 0 saturated heterocycles. The van der Waals surface area contributed by atoms with Crippen molar-refractivity contribution in [3.05, 3.63) is 34.4 Å². The average Bonchev–Trinajstić information content (AvgIpc) is 2.05. The van der Waals surface area contributed by atoms with Crippen molar-refractivity contribution in [1.82, 2.24) is 0 Å². The summed E-state index contributed by atoms with van der Waals surface area (Å²) in [6.07, 6.45) is 0. The first kappa shape index (κ1) is 8.61. The Hall–Kier alpha value is -1.49. The number of para-hydroxylation sites is 1. The molecule has 0 amide bonds. The fraction of sp³-hybridized carbons (Fsp3) is 0. The summed E-state index contributed by atoms with van der Waals surface area (Å²) in [5.41, 5.74) is 0.0411. The predicted molar refractivity (Wildman–Crippen MR) is 43.5 cm³/mol. The third-order valence-electron chi connectivity index (χ3n) is 1.22. The molecule has 0 aromatic heterocycles. The summed E-state index contributed by atoms with van der Waals surface area (Å²) in [5, 5.41) is 13.7. The fourth-order valence-corrected chi connectivity index (χ4v) is 0.825. The molecule has 0 aliphatic carbocycles. The Morgan fingerprint density at radius 3 is 2.67 bits per heavy atom. The lowest BCUT2D eigenvalue weighted by molar-refractivity contribution is -0.384. The second kappa shape index (κ2) is 3.77. The number of hydrogen-bond acceptors (Lipinski definition) is 4. The van der Waals surface area contributed by atoms with Crippen molar-refractivity contribution in [3.8, 4) is 0 Å². The van der Waals surface area contributed by atoms with E-state index in [9.17, 15) is 10.1 Å². The molecule has 5 nitrogen and oxygen atoms in total. The molecule has 6 heteroatoms. The number of nitro benzene ring substituents is 1. The third kappa shape index (κ3) is 1.76. The predicted octanol–water partition coefficient (Wildman–Crippen LogP) is 2.83. The van der Waals surface area contributed by atoms with Gasteiger partial charge in [-0.3, -0.25) is 10.1 Å². The van der Waals surface area contributed by atoms with Crippen molar-refractivity contribution >= 4 is 23.2 Å². The molecule has 0 bridgehead atoms. The standard InChI is InChI=1S/C6H4ClN3O2/c7-9-8-5-3-1-2-4-6(5)10(11)12/h1-4H. The van der Waals surface area contributed by atoms with E-state index in [0.717, 1.165) is 0 Å². The Morgan fingerprint density at radius 1 is 1.42 bits per heavy atom. The highest BCUT2D eigenvalue weighted by atomic mass is 35.5. The van der Waals surface area contributed by atoms with Gasteiger partial charge in [0.1, 0.15) is 0 Å². The van der Waals surface area contributed by atoms with Crippen molar-refractivity contribution in [1.29, 1.82) is 0 Å². The molecule has 0 saturated carbocycles. The van der Waals surface area contributed by atoms with Crippen molar-refractivity contribution in [3.63, 3.8) is 0 Å². The summed E-state index contributed by atoms with van der Waals surface area (Å²) in [7, 11) is 0. The van der Waals surface area contributed by atoms with Crippen LogP contribution in [0.4, 0.5) is 11.4 Å². The summed E-state index contributed by atoms with van der Waals surface area (Å²) in [6.45, 7) is 0. The van der Waals surface area contributed by atoms with E-state index in [4.69, 9.17) is 11.8 Å². The Labute approximate surface area is 72.9 Å². The fourth-order valence-electron chi connectivity index (χ4n) is 0.744. The molecule has 1 rings (SSSR count). The monoisotopic (exact) mass is 185 g/mol. The van der Waals surface area contributed by atoms with Gasteiger partial charge < -0.3 is 0 Å². The largest absolute Gasteiger partial charge is 0.296 e. The normalized spacial score (nSPS) is 10.4. The average molecular weight is 186 g/mol. The minimum absolute atomic E-state index is 0.109. The van der Waals surface area contributed by atoms with Gasteiger partial charge in [0.15, 0.2) is 5.69 Å².